The number of ether oxygens (including phenoxy) is 1. The Hall–Kier alpha value is -1.97. The topological polar surface area (TPSA) is 57.9 Å². The number of nitrogens with zero attached hydrogens (tertiary/aromatic N) is 2. The van der Waals surface area contributed by atoms with Gasteiger partial charge in [-0.25, -0.2) is 0 Å². The molecule has 2 heterocycles. The molecule has 0 aromatic carbocycles. The molecule has 0 saturated carbocycles. The zero-order valence-corrected chi connectivity index (χ0v) is 7.88. The number of alkyl halides is 3. The summed E-state index contributed by atoms with van der Waals surface area (Å²) in [6.07, 6.45) is -3.91. The van der Waals surface area contributed by atoms with Gasteiger partial charge in [0.25, 0.3) is 0 Å². The van der Waals surface area contributed by atoms with E-state index in [1.165, 1.54) is 12.4 Å². The third-order valence-corrected chi connectivity index (χ3v) is 2.12. The van der Waals surface area contributed by atoms with Gasteiger partial charge in [0, 0.05) is 6.20 Å². The molecule has 0 fully saturated rings. The second kappa shape index (κ2) is 3.56. The molecule has 0 amide bonds. The molecule has 2 rings (SSSR count). The van der Waals surface area contributed by atoms with Gasteiger partial charge in [0.05, 0.1) is 18.4 Å². The summed E-state index contributed by atoms with van der Waals surface area (Å²) < 4.78 is 42.0. The van der Waals surface area contributed by atoms with Crippen LogP contribution >= 0.6 is 0 Å². The first-order valence-electron chi connectivity index (χ1n) is 4.37. The van der Waals surface area contributed by atoms with Gasteiger partial charge in [-0.1, -0.05) is 0 Å². The van der Waals surface area contributed by atoms with Crippen LogP contribution in [0.2, 0.25) is 0 Å². The molecule has 1 atom stereocenters. The Morgan fingerprint density at radius 2 is 2.25 bits per heavy atom. The summed E-state index contributed by atoms with van der Waals surface area (Å²) in [5, 5.41) is 11.2. The van der Waals surface area contributed by atoms with Gasteiger partial charge < -0.3 is 10.1 Å². The van der Waals surface area contributed by atoms with Crippen molar-refractivity contribution in [2.24, 2.45) is 0 Å². The van der Waals surface area contributed by atoms with Crippen molar-refractivity contribution in [1.82, 2.24) is 4.98 Å². The molecule has 4 nitrogen and oxygen atoms in total. The minimum absolute atomic E-state index is 0.0149. The first kappa shape index (κ1) is 10.5. The summed E-state index contributed by atoms with van der Waals surface area (Å²) in [4.78, 5) is 3.71. The van der Waals surface area contributed by atoms with Crippen LogP contribution in [0.4, 0.5) is 18.9 Å². The highest BCUT2D eigenvalue weighted by atomic mass is 19.4. The van der Waals surface area contributed by atoms with Crippen molar-refractivity contribution in [2.45, 2.75) is 12.3 Å². The lowest BCUT2D eigenvalue weighted by Gasteiger charge is -2.28. The summed E-state index contributed by atoms with van der Waals surface area (Å²) in [6, 6.07) is 1.73. The molecule has 1 unspecified atom stereocenters. The fourth-order valence-electron chi connectivity index (χ4n) is 1.35. The molecule has 1 aliphatic rings. The maximum atomic E-state index is 12.4. The number of hydrogen-bond donors (Lipinski definition) is 1. The van der Waals surface area contributed by atoms with Crippen LogP contribution in [0.5, 0.6) is 5.75 Å². The van der Waals surface area contributed by atoms with E-state index in [1.54, 1.807) is 6.07 Å². The molecule has 84 valence electrons. The Kier molecular flexibility index (Phi) is 2.34. The summed E-state index contributed by atoms with van der Waals surface area (Å²) in [7, 11) is 0. The highest BCUT2D eigenvalue weighted by Gasteiger charge is 2.44. The molecule has 7 heteroatoms. The van der Waals surface area contributed by atoms with Crippen LogP contribution < -0.4 is 10.1 Å². The molecular weight excluding hydrogens is 223 g/mol. The number of hydrogen-bond acceptors (Lipinski definition) is 4. The van der Waals surface area contributed by atoms with E-state index in [-0.39, 0.29) is 17.9 Å². The average Bonchev–Trinajstić information content (AvgIpc) is 2.26. The average molecular weight is 229 g/mol. The van der Waals surface area contributed by atoms with Gasteiger partial charge in [0.1, 0.15) is 11.6 Å². The van der Waals surface area contributed by atoms with Crippen LogP contribution in [0.3, 0.4) is 0 Å². The Labute approximate surface area is 88.7 Å². The van der Waals surface area contributed by atoms with E-state index in [1.807, 2.05) is 0 Å². The number of aromatic nitrogens is 1. The zero-order valence-electron chi connectivity index (χ0n) is 7.88. The van der Waals surface area contributed by atoms with Crippen LogP contribution in [0.1, 0.15) is 5.56 Å². The zero-order chi connectivity index (χ0) is 11.8. The number of halogens is 3. The summed E-state index contributed by atoms with van der Waals surface area (Å²) in [5.41, 5.74) is 0.290. The van der Waals surface area contributed by atoms with Crippen molar-refractivity contribution in [3.63, 3.8) is 0 Å². The van der Waals surface area contributed by atoms with E-state index in [0.29, 0.717) is 5.69 Å². The largest absolute Gasteiger partial charge is 0.475 e. The SMILES string of the molecule is N#Cc1cncc2c1OC(C(F)(F)F)CN2. The van der Waals surface area contributed by atoms with Crippen LogP contribution in [0.25, 0.3) is 0 Å². The number of pyridine rings is 1. The normalized spacial score (nSPS) is 19.0. The minimum Gasteiger partial charge on any atom is -0.475 e. The Morgan fingerprint density at radius 1 is 1.50 bits per heavy atom. The maximum absolute atomic E-state index is 12.4. The molecule has 1 aliphatic heterocycles. The van der Waals surface area contributed by atoms with Gasteiger partial charge >= 0.3 is 6.18 Å². The molecule has 0 aliphatic carbocycles. The molecule has 0 radical (unpaired) electrons. The predicted molar refractivity (Wildman–Crippen MR) is 47.9 cm³/mol. The second-order valence-corrected chi connectivity index (χ2v) is 3.20. The van der Waals surface area contributed by atoms with Crippen LogP contribution in [-0.4, -0.2) is 23.8 Å². The molecule has 1 aromatic rings. The lowest BCUT2D eigenvalue weighted by molar-refractivity contribution is -0.191. The van der Waals surface area contributed by atoms with Gasteiger partial charge in [-0.15, -0.1) is 0 Å². The number of fused-ring (bicyclic) bond motifs is 1. The Morgan fingerprint density at radius 3 is 2.88 bits per heavy atom. The van der Waals surface area contributed by atoms with Crippen LogP contribution in [0, 0.1) is 11.3 Å². The molecular formula is C9H6F3N3O. The quantitative estimate of drug-likeness (QED) is 0.735. The Balaban J connectivity index is 2.36. The van der Waals surface area contributed by atoms with Crippen molar-refractivity contribution < 1.29 is 17.9 Å². The van der Waals surface area contributed by atoms with Crippen molar-refractivity contribution >= 4 is 5.69 Å². The van der Waals surface area contributed by atoms with E-state index < -0.39 is 12.3 Å². The molecule has 1 N–H and O–H groups in total. The van der Waals surface area contributed by atoms with E-state index >= 15 is 0 Å². The summed E-state index contributed by atoms with van der Waals surface area (Å²) in [6.45, 7) is -0.382. The smallest absolute Gasteiger partial charge is 0.427 e. The minimum atomic E-state index is -4.46. The van der Waals surface area contributed by atoms with E-state index in [9.17, 15) is 13.2 Å². The van der Waals surface area contributed by atoms with Crippen molar-refractivity contribution in [3.8, 4) is 11.8 Å². The highest BCUT2D eigenvalue weighted by molar-refractivity contribution is 5.63. The van der Waals surface area contributed by atoms with E-state index in [0.717, 1.165) is 0 Å². The number of nitrogens with one attached hydrogen (secondary N) is 1. The highest BCUT2D eigenvalue weighted by Crippen LogP contribution is 2.35. The van der Waals surface area contributed by atoms with Gasteiger partial charge in [0.15, 0.2) is 5.75 Å². The van der Waals surface area contributed by atoms with Gasteiger partial charge in [-0.05, 0) is 0 Å². The maximum Gasteiger partial charge on any atom is 0.427 e. The molecule has 0 spiro atoms. The second-order valence-electron chi connectivity index (χ2n) is 3.20. The summed E-state index contributed by atoms with van der Waals surface area (Å²) in [5.74, 6) is -0.0916. The molecule has 0 bridgehead atoms. The van der Waals surface area contributed by atoms with Crippen LogP contribution in [-0.2, 0) is 0 Å². The fraction of sp³-hybridized carbons (Fsp3) is 0.333. The van der Waals surface area contributed by atoms with Crippen LogP contribution in [0.15, 0.2) is 12.4 Å². The van der Waals surface area contributed by atoms with Gasteiger partial charge in [0.2, 0.25) is 6.10 Å². The number of anilines is 1. The lowest BCUT2D eigenvalue weighted by atomic mass is 10.2. The van der Waals surface area contributed by atoms with Crippen molar-refractivity contribution in [3.05, 3.63) is 18.0 Å². The third-order valence-electron chi connectivity index (χ3n) is 2.12. The number of rotatable bonds is 0. The Bertz CT molecular complexity index is 452. The van der Waals surface area contributed by atoms with E-state index in [2.05, 4.69) is 10.3 Å². The third kappa shape index (κ3) is 1.74. The van der Waals surface area contributed by atoms with Crippen molar-refractivity contribution in [1.29, 1.82) is 5.26 Å². The first-order chi connectivity index (χ1) is 7.52. The van der Waals surface area contributed by atoms with Gasteiger partial charge in [-0.3, -0.25) is 4.98 Å². The molecule has 1 aromatic heterocycles. The molecule has 0 saturated heterocycles. The first-order valence-corrected chi connectivity index (χ1v) is 4.37. The monoisotopic (exact) mass is 229 g/mol. The van der Waals surface area contributed by atoms with E-state index in [4.69, 9.17) is 10.00 Å². The predicted octanol–water partition coefficient (Wildman–Crippen LogP) is 1.69. The fourth-order valence-corrected chi connectivity index (χ4v) is 1.35. The van der Waals surface area contributed by atoms with Crippen molar-refractivity contribution in [2.75, 3.05) is 11.9 Å². The lowest BCUT2D eigenvalue weighted by Crippen LogP contribution is -2.43. The standard InChI is InChI=1S/C9H6F3N3O/c10-9(11,12)7-4-15-6-3-14-2-5(1-13)8(6)16-7/h2-3,7,15H,4H2. The van der Waals surface area contributed by atoms with Gasteiger partial charge in [-0.2, -0.15) is 18.4 Å². The number of nitriles is 1. The summed E-state index contributed by atoms with van der Waals surface area (Å²) >= 11 is 0. The molecule has 16 heavy (non-hydrogen) atoms.